The molecule has 3 heterocycles. The number of aliphatic hydroxyl groups is 3. The third-order valence-corrected chi connectivity index (χ3v) is 3.87. The first-order valence-corrected chi connectivity index (χ1v) is 6.69. The first-order chi connectivity index (χ1) is 10.2. The quantitative estimate of drug-likeness (QED) is 0.429. The largest absolute Gasteiger partial charge is 0.391 e. The van der Waals surface area contributed by atoms with Crippen LogP contribution >= 0.6 is 0 Å². The average molecular weight is 311 g/mol. The summed E-state index contributed by atoms with van der Waals surface area (Å²) in [5.41, 5.74) is 3.43. The highest BCUT2D eigenvalue weighted by Gasteiger charge is 2.54. The van der Waals surface area contributed by atoms with Gasteiger partial charge in [-0.25, -0.2) is 4.98 Å². The van der Waals surface area contributed by atoms with Gasteiger partial charge in [-0.05, 0) is 13.8 Å². The van der Waals surface area contributed by atoms with Gasteiger partial charge in [0.2, 0.25) is 5.95 Å². The Bertz CT molecular complexity index is 767. The molecular weight excluding hydrogens is 294 g/mol. The number of nitrogens with one attached hydrogen (secondary N) is 1. The van der Waals surface area contributed by atoms with Gasteiger partial charge in [0, 0.05) is 0 Å². The molecule has 1 aliphatic heterocycles. The molecule has 5 atom stereocenters. The van der Waals surface area contributed by atoms with Crippen LogP contribution in [0.5, 0.6) is 0 Å². The van der Waals surface area contributed by atoms with Crippen LogP contribution in [0.4, 0.5) is 5.95 Å². The second kappa shape index (κ2) is 4.74. The number of aliphatic hydroxyl groups excluding tert-OH is 2. The lowest BCUT2D eigenvalue weighted by Gasteiger charge is -2.27. The topological polar surface area (TPSA) is 160 Å². The summed E-state index contributed by atoms with van der Waals surface area (Å²) in [7, 11) is 0. The summed E-state index contributed by atoms with van der Waals surface area (Å²) in [4.78, 5) is 22.0. The first-order valence-electron chi connectivity index (χ1n) is 6.69. The van der Waals surface area contributed by atoms with Gasteiger partial charge in [-0.15, -0.1) is 0 Å². The Morgan fingerprint density at radius 1 is 1.59 bits per heavy atom. The van der Waals surface area contributed by atoms with Crippen molar-refractivity contribution in [3.05, 3.63) is 16.7 Å². The van der Waals surface area contributed by atoms with Crippen LogP contribution in [0.15, 0.2) is 11.1 Å². The zero-order valence-electron chi connectivity index (χ0n) is 12.0. The van der Waals surface area contributed by atoms with Gasteiger partial charge in [0.1, 0.15) is 17.8 Å². The number of hydrogen-bond donors (Lipinski definition) is 5. The summed E-state index contributed by atoms with van der Waals surface area (Å²) in [6, 6.07) is 0. The lowest BCUT2D eigenvalue weighted by atomic mass is 9.94. The molecule has 0 amide bonds. The number of rotatable bonds is 2. The second-order valence-corrected chi connectivity index (χ2v) is 5.64. The van der Waals surface area contributed by atoms with E-state index >= 15 is 0 Å². The van der Waals surface area contributed by atoms with E-state index in [0.717, 1.165) is 0 Å². The molecule has 0 spiro atoms. The van der Waals surface area contributed by atoms with Crippen LogP contribution in [0.1, 0.15) is 20.1 Å². The van der Waals surface area contributed by atoms with E-state index in [9.17, 15) is 20.1 Å². The van der Waals surface area contributed by atoms with E-state index in [1.165, 1.54) is 24.7 Å². The van der Waals surface area contributed by atoms with Crippen LogP contribution in [-0.2, 0) is 4.74 Å². The highest BCUT2D eigenvalue weighted by atomic mass is 16.6. The summed E-state index contributed by atoms with van der Waals surface area (Å²) in [5, 5.41) is 30.3. The minimum atomic E-state index is -1.71. The van der Waals surface area contributed by atoms with Gasteiger partial charge in [-0.1, -0.05) is 0 Å². The molecule has 10 nitrogen and oxygen atoms in total. The van der Waals surface area contributed by atoms with Crippen molar-refractivity contribution in [2.75, 3.05) is 5.73 Å². The van der Waals surface area contributed by atoms with Gasteiger partial charge in [0.25, 0.3) is 5.56 Å². The molecule has 1 fully saturated rings. The summed E-state index contributed by atoms with van der Waals surface area (Å²) in [5.74, 6) is -0.107. The SMILES string of the molecule is CC(O)C1OC(n2cnc3c(=O)[nH]c(N)nc32)C(C)(O)C1O. The number of nitrogens with zero attached hydrogens (tertiary/aromatic N) is 3. The average Bonchev–Trinajstić information content (AvgIpc) is 2.91. The highest BCUT2D eigenvalue weighted by molar-refractivity contribution is 5.70. The fraction of sp³-hybridized carbons (Fsp3) is 0.583. The maximum absolute atomic E-state index is 11.8. The van der Waals surface area contributed by atoms with Crippen LogP contribution in [0.25, 0.3) is 11.2 Å². The van der Waals surface area contributed by atoms with Gasteiger partial charge in [-0.3, -0.25) is 14.3 Å². The fourth-order valence-corrected chi connectivity index (χ4v) is 2.68. The predicted molar refractivity (Wildman–Crippen MR) is 74.8 cm³/mol. The Morgan fingerprint density at radius 2 is 2.27 bits per heavy atom. The van der Waals surface area contributed by atoms with Gasteiger partial charge in [0.05, 0.1) is 12.4 Å². The molecule has 10 heteroatoms. The second-order valence-electron chi connectivity index (χ2n) is 5.64. The number of aromatic amines is 1. The molecule has 1 saturated heterocycles. The van der Waals surface area contributed by atoms with Crippen LogP contribution in [0.2, 0.25) is 0 Å². The normalized spacial score (nSPS) is 33.4. The molecule has 0 aromatic carbocycles. The van der Waals surface area contributed by atoms with E-state index in [0.29, 0.717) is 0 Å². The van der Waals surface area contributed by atoms with Crippen LogP contribution in [0.3, 0.4) is 0 Å². The smallest absolute Gasteiger partial charge is 0.280 e. The molecule has 0 bridgehead atoms. The van der Waals surface area contributed by atoms with Crippen molar-refractivity contribution in [1.29, 1.82) is 0 Å². The van der Waals surface area contributed by atoms with Crippen molar-refractivity contribution in [3.8, 4) is 0 Å². The number of fused-ring (bicyclic) bond motifs is 1. The predicted octanol–water partition coefficient (Wildman–Crippen LogP) is -1.91. The van der Waals surface area contributed by atoms with Crippen molar-refractivity contribution in [3.63, 3.8) is 0 Å². The molecular formula is C12H17N5O5. The minimum absolute atomic E-state index is 0.0311. The number of H-pyrrole nitrogens is 1. The molecule has 1 aliphatic rings. The van der Waals surface area contributed by atoms with Crippen molar-refractivity contribution < 1.29 is 20.1 Å². The third-order valence-electron chi connectivity index (χ3n) is 3.87. The number of nitrogen functional groups attached to an aromatic ring is 1. The Labute approximate surface area is 124 Å². The van der Waals surface area contributed by atoms with Crippen LogP contribution in [-0.4, -0.2) is 58.8 Å². The highest BCUT2D eigenvalue weighted by Crippen LogP contribution is 2.40. The van der Waals surface area contributed by atoms with Crippen molar-refractivity contribution in [2.24, 2.45) is 0 Å². The minimum Gasteiger partial charge on any atom is -0.391 e. The van der Waals surface area contributed by atoms with Gasteiger partial charge in [-0.2, -0.15) is 4.98 Å². The van der Waals surface area contributed by atoms with Gasteiger partial charge >= 0.3 is 0 Å². The summed E-state index contributed by atoms with van der Waals surface area (Å²) in [6.45, 7) is 2.81. The van der Waals surface area contributed by atoms with Crippen LogP contribution < -0.4 is 11.3 Å². The number of hydrogen-bond acceptors (Lipinski definition) is 8. The van der Waals surface area contributed by atoms with Crippen molar-refractivity contribution >= 4 is 17.1 Å². The summed E-state index contributed by atoms with van der Waals surface area (Å²) >= 11 is 0. The lowest BCUT2D eigenvalue weighted by Crippen LogP contribution is -2.45. The van der Waals surface area contributed by atoms with Crippen LogP contribution in [0, 0.1) is 0 Å². The standard InChI is InChI=1S/C12H17N5O5/c1-4(18)6-7(19)12(2,21)10(22-6)17-3-14-5-8(17)15-11(13)16-9(5)20/h3-4,6-7,10,18-19,21H,1-2H3,(H3,13,15,16,20). The maximum Gasteiger partial charge on any atom is 0.280 e. The van der Waals surface area contributed by atoms with E-state index < -0.39 is 35.7 Å². The Hall–Kier alpha value is -2.01. The van der Waals surface area contributed by atoms with E-state index in [1.807, 2.05) is 0 Å². The molecule has 3 rings (SSSR count). The van der Waals surface area contributed by atoms with Gasteiger partial charge in [0.15, 0.2) is 17.4 Å². The molecule has 2 aromatic heterocycles. The van der Waals surface area contributed by atoms with Crippen molar-refractivity contribution in [2.45, 2.75) is 44.0 Å². The monoisotopic (exact) mass is 311 g/mol. The third kappa shape index (κ3) is 2.00. The zero-order chi connectivity index (χ0) is 16.2. The van der Waals surface area contributed by atoms with E-state index in [2.05, 4.69) is 15.0 Å². The number of anilines is 1. The first kappa shape index (κ1) is 14.9. The molecule has 5 unspecified atom stereocenters. The number of aromatic nitrogens is 4. The molecule has 0 radical (unpaired) electrons. The molecule has 120 valence electrons. The summed E-state index contributed by atoms with van der Waals surface area (Å²) < 4.78 is 6.87. The molecule has 6 N–H and O–H groups in total. The van der Waals surface area contributed by atoms with E-state index in [4.69, 9.17) is 10.5 Å². The summed E-state index contributed by atoms with van der Waals surface area (Å²) in [6.07, 6.45) is -3.13. The maximum atomic E-state index is 11.8. The molecule has 0 saturated carbocycles. The Morgan fingerprint density at radius 3 is 2.86 bits per heavy atom. The molecule has 2 aromatic rings. The molecule has 0 aliphatic carbocycles. The van der Waals surface area contributed by atoms with Gasteiger partial charge < -0.3 is 25.8 Å². The number of nitrogens with two attached hydrogens (primary N) is 1. The van der Waals surface area contributed by atoms with Crippen molar-refractivity contribution in [1.82, 2.24) is 19.5 Å². The number of imidazole rings is 1. The Kier molecular flexibility index (Phi) is 3.22. The van der Waals surface area contributed by atoms with E-state index in [1.54, 1.807) is 0 Å². The molecule has 22 heavy (non-hydrogen) atoms. The zero-order valence-corrected chi connectivity index (χ0v) is 12.0. The number of ether oxygens (including phenoxy) is 1. The fourth-order valence-electron chi connectivity index (χ4n) is 2.68. The van der Waals surface area contributed by atoms with E-state index in [-0.39, 0.29) is 17.1 Å². The Balaban J connectivity index is 2.13. The lowest BCUT2D eigenvalue weighted by molar-refractivity contribution is -0.0987.